The van der Waals surface area contributed by atoms with E-state index in [2.05, 4.69) is 16.0 Å². The van der Waals surface area contributed by atoms with Gasteiger partial charge in [0.1, 0.15) is 18.1 Å². The first-order valence-corrected chi connectivity index (χ1v) is 10.7. The van der Waals surface area contributed by atoms with Crippen molar-refractivity contribution in [1.82, 2.24) is 16.0 Å². The molecule has 0 saturated heterocycles. The molecule has 0 aromatic rings. The van der Waals surface area contributed by atoms with E-state index in [-0.39, 0.29) is 18.3 Å². The van der Waals surface area contributed by atoms with Crippen LogP contribution in [0.3, 0.4) is 0 Å². The van der Waals surface area contributed by atoms with Gasteiger partial charge in [0.15, 0.2) is 0 Å². The summed E-state index contributed by atoms with van der Waals surface area (Å²) >= 11 is 0. The molecule has 180 valence electrons. The van der Waals surface area contributed by atoms with Crippen LogP contribution in [0.5, 0.6) is 0 Å². The second-order valence-electron chi connectivity index (χ2n) is 8.07. The van der Waals surface area contributed by atoms with Gasteiger partial charge < -0.3 is 37.6 Å². The maximum atomic E-state index is 12.8. The number of hydrogen-bond acceptors (Lipinski definition) is 7. The number of aliphatic carboxylic acids is 1. The van der Waals surface area contributed by atoms with E-state index >= 15 is 0 Å². The standard InChI is InChI=1S/C20H39N5O6/c1-5-12(4)16(25-18(28)15(22)11(2)3)19(29)24-14(10-26)17(27)23-13(20(30)31)8-6-7-9-21/h11-16,26H,5-10,21-22H2,1-4H3,(H,23,27)(H,24,29)(H,25,28)(H,30,31). The number of carboxylic acids is 1. The van der Waals surface area contributed by atoms with E-state index in [1.165, 1.54) is 0 Å². The SMILES string of the molecule is CCC(C)C(NC(=O)C(N)C(C)C)C(=O)NC(CO)C(=O)NC(CCCCN)C(=O)O. The second kappa shape index (κ2) is 14.7. The molecule has 31 heavy (non-hydrogen) atoms. The summed E-state index contributed by atoms with van der Waals surface area (Å²) in [6, 6.07) is -4.31. The number of carboxylic acid groups (broad SMARTS) is 1. The molecule has 0 spiro atoms. The molecule has 0 aliphatic rings. The number of nitrogens with one attached hydrogen (secondary N) is 3. The second-order valence-corrected chi connectivity index (χ2v) is 8.07. The molecule has 0 saturated carbocycles. The van der Waals surface area contributed by atoms with Crippen LogP contribution >= 0.6 is 0 Å². The molecule has 11 nitrogen and oxygen atoms in total. The molecule has 0 bridgehead atoms. The van der Waals surface area contributed by atoms with Gasteiger partial charge in [0.25, 0.3) is 0 Å². The lowest BCUT2D eigenvalue weighted by Crippen LogP contribution is -2.59. The van der Waals surface area contributed by atoms with Crippen LogP contribution in [0.2, 0.25) is 0 Å². The fraction of sp³-hybridized carbons (Fsp3) is 0.800. The third-order valence-corrected chi connectivity index (χ3v) is 5.19. The fourth-order valence-corrected chi connectivity index (χ4v) is 2.73. The molecule has 5 unspecified atom stereocenters. The summed E-state index contributed by atoms with van der Waals surface area (Å²) in [6.45, 7) is 6.83. The number of hydrogen-bond donors (Lipinski definition) is 7. The first-order valence-electron chi connectivity index (χ1n) is 10.7. The van der Waals surface area contributed by atoms with Gasteiger partial charge in [0.2, 0.25) is 17.7 Å². The van der Waals surface area contributed by atoms with E-state index in [0.29, 0.717) is 25.8 Å². The smallest absolute Gasteiger partial charge is 0.326 e. The minimum Gasteiger partial charge on any atom is -0.480 e. The number of rotatable bonds is 15. The summed E-state index contributed by atoms with van der Waals surface area (Å²) < 4.78 is 0. The van der Waals surface area contributed by atoms with Crippen LogP contribution in [0.4, 0.5) is 0 Å². The molecule has 0 aliphatic carbocycles. The average Bonchev–Trinajstić information content (AvgIpc) is 2.73. The Morgan fingerprint density at radius 2 is 1.48 bits per heavy atom. The highest BCUT2D eigenvalue weighted by Gasteiger charge is 2.32. The molecule has 0 heterocycles. The molecule has 9 N–H and O–H groups in total. The van der Waals surface area contributed by atoms with Crippen molar-refractivity contribution in [2.75, 3.05) is 13.2 Å². The van der Waals surface area contributed by atoms with Crippen molar-refractivity contribution >= 4 is 23.7 Å². The first kappa shape index (κ1) is 28.8. The summed E-state index contributed by atoms with van der Waals surface area (Å²) in [4.78, 5) is 49.0. The zero-order valence-electron chi connectivity index (χ0n) is 18.9. The van der Waals surface area contributed by atoms with Crippen molar-refractivity contribution < 1.29 is 29.4 Å². The van der Waals surface area contributed by atoms with Gasteiger partial charge in [-0.05, 0) is 37.6 Å². The minimum atomic E-state index is -1.37. The Morgan fingerprint density at radius 1 is 0.903 bits per heavy atom. The normalized spacial score (nSPS) is 16.0. The average molecular weight is 446 g/mol. The maximum absolute atomic E-state index is 12.8. The Kier molecular flexibility index (Phi) is 13.6. The van der Waals surface area contributed by atoms with Gasteiger partial charge in [-0.25, -0.2) is 4.79 Å². The molecule has 0 aliphatic heterocycles. The topological polar surface area (TPSA) is 197 Å². The summed E-state index contributed by atoms with van der Waals surface area (Å²) in [6.07, 6.45) is 1.84. The highest BCUT2D eigenvalue weighted by Crippen LogP contribution is 2.10. The van der Waals surface area contributed by atoms with Gasteiger partial charge in [0.05, 0.1) is 12.6 Å². The molecule has 0 rings (SSSR count). The quantitative estimate of drug-likeness (QED) is 0.150. The highest BCUT2D eigenvalue weighted by atomic mass is 16.4. The van der Waals surface area contributed by atoms with E-state index < -0.39 is 54.5 Å². The van der Waals surface area contributed by atoms with Crippen molar-refractivity contribution in [3.63, 3.8) is 0 Å². The van der Waals surface area contributed by atoms with Crippen molar-refractivity contribution in [3.05, 3.63) is 0 Å². The maximum Gasteiger partial charge on any atom is 0.326 e. The number of carbonyl (C=O) groups excluding carboxylic acids is 3. The number of unbranched alkanes of at least 4 members (excludes halogenated alkanes) is 1. The minimum absolute atomic E-state index is 0.135. The lowest BCUT2D eigenvalue weighted by molar-refractivity contribution is -0.143. The van der Waals surface area contributed by atoms with Gasteiger partial charge in [-0.15, -0.1) is 0 Å². The van der Waals surface area contributed by atoms with Crippen molar-refractivity contribution in [2.24, 2.45) is 23.3 Å². The Hall–Kier alpha value is -2.24. The van der Waals surface area contributed by atoms with Gasteiger partial charge in [0, 0.05) is 0 Å². The lowest BCUT2D eigenvalue weighted by Gasteiger charge is -2.28. The van der Waals surface area contributed by atoms with Gasteiger partial charge in [-0.3, -0.25) is 14.4 Å². The van der Waals surface area contributed by atoms with E-state index in [0.717, 1.165) is 0 Å². The molecule has 0 aromatic carbocycles. The predicted molar refractivity (Wildman–Crippen MR) is 116 cm³/mol. The Morgan fingerprint density at radius 3 is 1.94 bits per heavy atom. The number of nitrogens with two attached hydrogens (primary N) is 2. The van der Waals surface area contributed by atoms with Crippen LogP contribution in [0.25, 0.3) is 0 Å². The molecule has 11 heteroatoms. The van der Waals surface area contributed by atoms with Gasteiger partial charge in [-0.2, -0.15) is 0 Å². The molecule has 5 atom stereocenters. The Bertz CT molecular complexity index is 601. The molecule has 0 aromatic heterocycles. The zero-order chi connectivity index (χ0) is 24.1. The Balaban J connectivity index is 5.23. The van der Waals surface area contributed by atoms with E-state index in [1.54, 1.807) is 20.8 Å². The number of aliphatic hydroxyl groups is 1. The molecule has 3 amide bonds. The monoisotopic (exact) mass is 445 g/mol. The summed E-state index contributed by atoms with van der Waals surface area (Å²) in [5, 5.41) is 26.2. The number of carbonyl (C=O) groups is 4. The van der Waals surface area contributed by atoms with Crippen LogP contribution in [0, 0.1) is 11.8 Å². The Labute approximate surface area is 183 Å². The first-order chi connectivity index (χ1) is 14.5. The van der Waals surface area contributed by atoms with Gasteiger partial charge in [-0.1, -0.05) is 34.1 Å². The van der Waals surface area contributed by atoms with Crippen LogP contribution in [0.1, 0.15) is 53.4 Å². The summed E-state index contributed by atoms with van der Waals surface area (Å²) in [5.74, 6) is -3.61. The molecular formula is C20H39N5O6. The fourth-order valence-electron chi connectivity index (χ4n) is 2.73. The van der Waals surface area contributed by atoms with Crippen LogP contribution < -0.4 is 27.4 Å². The molecule has 0 radical (unpaired) electrons. The third-order valence-electron chi connectivity index (χ3n) is 5.19. The van der Waals surface area contributed by atoms with Crippen molar-refractivity contribution in [1.29, 1.82) is 0 Å². The lowest BCUT2D eigenvalue weighted by atomic mass is 9.96. The molecule has 0 fully saturated rings. The van der Waals surface area contributed by atoms with Gasteiger partial charge >= 0.3 is 5.97 Å². The van der Waals surface area contributed by atoms with Crippen LogP contribution in [-0.4, -0.2) is 71.2 Å². The van der Waals surface area contributed by atoms with E-state index in [4.69, 9.17) is 11.5 Å². The van der Waals surface area contributed by atoms with E-state index in [1.807, 2.05) is 6.92 Å². The zero-order valence-corrected chi connectivity index (χ0v) is 18.9. The predicted octanol–water partition coefficient (Wildman–Crippen LogP) is -1.32. The molecular weight excluding hydrogens is 406 g/mol. The van der Waals surface area contributed by atoms with Crippen molar-refractivity contribution in [3.8, 4) is 0 Å². The van der Waals surface area contributed by atoms with Crippen LogP contribution in [-0.2, 0) is 19.2 Å². The van der Waals surface area contributed by atoms with Crippen molar-refractivity contribution in [2.45, 2.75) is 77.5 Å². The summed E-state index contributed by atoms with van der Waals surface area (Å²) in [5.41, 5.74) is 11.2. The van der Waals surface area contributed by atoms with E-state index in [9.17, 15) is 29.4 Å². The van der Waals surface area contributed by atoms with Crippen LogP contribution in [0.15, 0.2) is 0 Å². The highest BCUT2D eigenvalue weighted by molar-refractivity contribution is 5.94. The largest absolute Gasteiger partial charge is 0.480 e. The third kappa shape index (κ3) is 10.1. The summed E-state index contributed by atoms with van der Waals surface area (Å²) in [7, 11) is 0. The number of amides is 3. The number of aliphatic hydroxyl groups excluding tert-OH is 1.